The summed E-state index contributed by atoms with van der Waals surface area (Å²) >= 11 is 5.97. The van der Waals surface area contributed by atoms with E-state index in [1.54, 1.807) is 26.4 Å². The maximum absolute atomic E-state index is 5.97. The predicted octanol–water partition coefficient (Wildman–Crippen LogP) is 2.79. The largest absolute Gasteiger partial charge is 0.495 e. The van der Waals surface area contributed by atoms with Crippen LogP contribution < -0.4 is 14.8 Å². The van der Waals surface area contributed by atoms with Gasteiger partial charge in [-0.3, -0.25) is 0 Å². The normalized spacial score (nSPS) is 9.71. The first-order valence-corrected chi connectivity index (χ1v) is 4.76. The molecule has 0 amide bonds. The number of anilines is 1. The molecule has 0 saturated carbocycles. The van der Waals surface area contributed by atoms with Crippen LogP contribution in [0, 0.1) is 0 Å². The van der Waals surface area contributed by atoms with Gasteiger partial charge in [0.05, 0.1) is 24.9 Å². The van der Waals surface area contributed by atoms with Crippen molar-refractivity contribution in [3.8, 4) is 11.5 Å². The van der Waals surface area contributed by atoms with Crippen LogP contribution >= 0.6 is 11.6 Å². The van der Waals surface area contributed by atoms with Gasteiger partial charge in [0, 0.05) is 12.6 Å². The first-order chi connectivity index (χ1) is 6.72. The smallest absolute Gasteiger partial charge is 0.145 e. The minimum absolute atomic E-state index is 0.573. The number of methoxy groups -OCH3 is 2. The molecule has 1 rings (SSSR count). The van der Waals surface area contributed by atoms with E-state index in [-0.39, 0.29) is 0 Å². The van der Waals surface area contributed by atoms with Gasteiger partial charge in [-0.05, 0) is 13.0 Å². The number of rotatable bonds is 4. The van der Waals surface area contributed by atoms with Crippen LogP contribution in [0.1, 0.15) is 6.92 Å². The van der Waals surface area contributed by atoms with Gasteiger partial charge >= 0.3 is 0 Å². The molecule has 0 aromatic heterocycles. The Morgan fingerprint density at radius 3 is 2.36 bits per heavy atom. The second-order valence-electron chi connectivity index (χ2n) is 2.72. The van der Waals surface area contributed by atoms with E-state index in [4.69, 9.17) is 21.1 Å². The van der Waals surface area contributed by atoms with Crippen LogP contribution in [0.15, 0.2) is 12.1 Å². The Bertz CT molecular complexity index is 315. The zero-order valence-electron chi connectivity index (χ0n) is 8.56. The minimum Gasteiger partial charge on any atom is -0.495 e. The first-order valence-electron chi connectivity index (χ1n) is 4.38. The number of hydrogen-bond acceptors (Lipinski definition) is 3. The van der Waals surface area contributed by atoms with E-state index in [0.29, 0.717) is 10.8 Å². The Hall–Kier alpha value is -1.09. The highest BCUT2D eigenvalue weighted by Crippen LogP contribution is 2.35. The molecule has 1 aromatic carbocycles. The molecule has 0 unspecified atom stereocenters. The molecule has 0 atom stereocenters. The molecule has 0 aliphatic heterocycles. The van der Waals surface area contributed by atoms with Crippen molar-refractivity contribution in [3.05, 3.63) is 17.2 Å². The molecule has 0 aliphatic carbocycles. The number of halogens is 1. The molecule has 0 aliphatic rings. The van der Waals surface area contributed by atoms with Crippen molar-refractivity contribution in [2.75, 3.05) is 26.1 Å². The highest BCUT2D eigenvalue weighted by Gasteiger charge is 2.08. The molecule has 1 N–H and O–H groups in total. The van der Waals surface area contributed by atoms with E-state index >= 15 is 0 Å². The lowest BCUT2D eigenvalue weighted by Gasteiger charge is -2.12. The fourth-order valence-corrected chi connectivity index (χ4v) is 1.43. The van der Waals surface area contributed by atoms with Crippen molar-refractivity contribution in [2.45, 2.75) is 6.92 Å². The molecule has 0 radical (unpaired) electrons. The standard InChI is InChI=1S/C10H14ClNO2/c1-4-12-8-5-7(11)9(13-2)6-10(8)14-3/h5-6,12H,4H2,1-3H3. The van der Waals surface area contributed by atoms with Crippen molar-refractivity contribution in [2.24, 2.45) is 0 Å². The number of hydrogen-bond donors (Lipinski definition) is 1. The van der Waals surface area contributed by atoms with E-state index in [9.17, 15) is 0 Å². The zero-order valence-corrected chi connectivity index (χ0v) is 9.31. The van der Waals surface area contributed by atoms with E-state index in [1.807, 2.05) is 6.92 Å². The van der Waals surface area contributed by atoms with Gasteiger partial charge in [-0.25, -0.2) is 0 Å². The van der Waals surface area contributed by atoms with Gasteiger partial charge in [0.2, 0.25) is 0 Å². The maximum atomic E-state index is 5.97. The topological polar surface area (TPSA) is 30.5 Å². The van der Waals surface area contributed by atoms with Crippen LogP contribution in [0.25, 0.3) is 0 Å². The third kappa shape index (κ3) is 2.23. The summed E-state index contributed by atoms with van der Waals surface area (Å²) < 4.78 is 10.3. The molecule has 1 aromatic rings. The monoisotopic (exact) mass is 215 g/mol. The Labute approximate surface area is 89.0 Å². The highest BCUT2D eigenvalue weighted by atomic mass is 35.5. The van der Waals surface area contributed by atoms with E-state index in [2.05, 4.69) is 5.32 Å². The molecule has 78 valence electrons. The lowest BCUT2D eigenvalue weighted by atomic mass is 10.2. The Balaban J connectivity index is 3.10. The summed E-state index contributed by atoms with van der Waals surface area (Å²) in [6, 6.07) is 3.56. The lowest BCUT2D eigenvalue weighted by molar-refractivity contribution is 0.395. The van der Waals surface area contributed by atoms with Gasteiger partial charge in [-0.15, -0.1) is 0 Å². The third-order valence-electron chi connectivity index (χ3n) is 1.84. The third-order valence-corrected chi connectivity index (χ3v) is 2.14. The SMILES string of the molecule is CCNc1cc(Cl)c(OC)cc1OC. The van der Waals surface area contributed by atoms with Gasteiger partial charge in [0.15, 0.2) is 0 Å². The number of nitrogens with one attached hydrogen (secondary N) is 1. The second-order valence-corrected chi connectivity index (χ2v) is 3.12. The maximum Gasteiger partial charge on any atom is 0.145 e. The second kappa shape index (κ2) is 4.96. The van der Waals surface area contributed by atoms with Gasteiger partial charge in [-0.1, -0.05) is 11.6 Å². The molecule has 14 heavy (non-hydrogen) atoms. The van der Waals surface area contributed by atoms with E-state index in [1.165, 1.54) is 0 Å². The van der Waals surface area contributed by atoms with Crippen LogP contribution in [0.4, 0.5) is 5.69 Å². The minimum atomic E-state index is 0.573. The van der Waals surface area contributed by atoms with Crippen molar-refractivity contribution in [1.82, 2.24) is 0 Å². The first kappa shape index (κ1) is 11.0. The van der Waals surface area contributed by atoms with Gasteiger partial charge < -0.3 is 14.8 Å². The average molecular weight is 216 g/mol. The molecular formula is C10H14ClNO2. The lowest BCUT2D eigenvalue weighted by Crippen LogP contribution is -2.00. The van der Waals surface area contributed by atoms with Crippen LogP contribution in [-0.2, 0) is 0 Å². The van der Waals surface area contributed by atoms with Gasteiger partial charge in [0.25, 0.3) is 0 Å². The van der Waals surface area contributed by atoms with Crippen LogP contribution in [0.5, 0.6) is 11.5 Å². The molecular weight excluding hydrogens is 202 g/mol. The summed E-state index contributed by atoms with van der Waals surface area (Å²) in [6.45, 7) is 2.83. The van der Waals surface area contributed by atoms with Crippen molar-refractivity contribution >= 4 is 17.3 Å². The van der Waals surface area contributed by atoms with E-state index in [0.717, 1.165) is 18.0 Å². The molecule has 0 fully saturated rings. The number of ether oxygens (including phenoxy) is 2. The molecule has 0 bridgehead atoms. The average Bonchev–Trinajstić information content (AvgIpc) is 2.19. The number of benzene rings is 1. The summed E-state index contributed by atoms with van der Waals surface area (Å²) in [5.74, 6) is 1.35. The Morgan fingerprint density at radius 1 is 1.21 bits per heavy atom. The fraction of sp³-hybridized carbons (Fsp3) is 0.400. The van der Waals surface area contributed by atoms with E-state index < -0.39 is 0 Å². The van der Waals surface area contributed by atoms with Crippen molar-refractivity contribution in [1.29, 1.82) is 0 Å². The molecule has 0 spiro atoms. The van der Waals surface area contributed by atoms with Crippen LogP contribution in [0.2, 0.25) is 5.02 Å². The quantitative estimate of drug-likeness (QED) is 0.838. The van der Waals surface area contributed by atoms with Crippen molar-refractivity contribution < 1.29 is 9.47 Å². The molecule has 0 heterocycles. The van der Waals surface area contributed by atoms with Crippen LogP contribution in [-0.4, -0.2) is 20.8 Å². The summed E-state index contributed by atoms with van der Waals surface area (Å²) in [5, 5.41) is 3.73. The highest BCUT2D eigenvalue weighted by molar-refractivity contribution is 6.32. The molecule has 3 nitrogen and oxygen atoms in total. The summed E-state index contributed by atoms with van der Waals surface area (Å²) in [6.07, 6.45) is 0. The van der Waals surface area contributed by atoms with Gasteiger partial charge in [-0.2, -0.15) is 0 Å². The summed E-state index contributed by atoms with van der Waals surface area (Å²) in [7, 11) is 3.19. The fourth-order valence-electron chi connectivity index (χ4n) is 1.19. The Morgan fingerprint density at radius 2 is 1.86 bits per heavy atom. The summed E-state index contributed by atoms with van der Waals surface area (Å²) in [5.41, 5.74) is 0.876. The van der Waals surface area contributed by atoms with Crippen molar-refractivity contribution in [3.63, 3.8) is 0 Å². The molecule has 0 saturated heterocycles. The predicted molar refractivity (Wildman–Crippen MR) is 58.7 cm³/mol. The summed E-state index contributed by atoms with van der Waals surface area (Å²) in [4.78, 5) is 0. The van der Waals surface area contributed by atoms with Gasteiger partial charge in [0.1, 0.15) is 11.5 Å². The van der Waals surface area contributed by atoms with Crippen LogP contribution in [0.3, 0.4) is 0 Å². The Kier molecular flexibility index (Phi) is 3.89. The molecule has 4 heteroatoms. The zero-order chi connectivity index (χ0) is 10.6.